The molecular weight excluding hydrogens is 412 g/mol. The number of rotatable bonds is 6. The molecule has 0 atom stereocenters. The maximum absolute atomic E-state index is 12.3. The van der Waals surface area contributed by atoms with Crippen molar-refractivity contribution < 1.29 is 18.7 Å². The second-order valence-electron chi connectivity index (χ2n) is 6.04. The van der Waals surface area contributed by atoms with E-state index < -0.39 is 5.91 Å². The van der Waals surface area contributed by atoms with E-state index in [9.17, 15) is 4.79 Å². The average Bonchev–Trinajstić information content (AvgIpc) is 3.05. The molecule has 3 rings (SSSR count). The van der Waals surface area contributed by atoms with Gasteiger partial charge in [-0.3, -0.25) is 4.79 Å². The second-order valence-corrected chi connectivity index (χ2v) is 6.95. The number of halogens is 1. The highest BCUT2D eigenvalue weighted by atomic mass is 79.9. The number of amides is 1. The van der Waals surface area contributed by atoms with E-state index in [2.05, 4.69) is 26.5 Å². The molecule has 0 aliphatic heterocycles. The van der Waals surface area contributed by atoms with Crippen molar-refractivity contribution in [2.24, 2.45) is 5.10 Å². The normalized spacial score (nSPS) is 11.3. The molecule has 2 aromatic carbocycles. The molecular formula is C20H19BrN2O4. The van der Waals surface area contributed by atoms with Crippen LogP contribution in [0.15, 0.2) is 56.5 Å². The SMILES string of the molecule is COc1cccc(/C=N/NC(=O)c2cc3cc(Br)ccc3o2)c1OC(C)C. The number of para-hydroxylation sites is 1. The van der Waals surface area contributed by atoms with Crippen LogP contribution in [0, 0.1) is 0 Å². The van der Waals surface area contributed by atoms with Crippen molar-refractivity contribution in [1.29, 1.82) is 0 Å². The number of ether oxygens (including phenoxy) is 2. The Kier molecular flexibility index (Phi) is 5.81. The van der Waals surface area contributed by atoms with Crippen molar-refractivity contribution in [1.82, 2.24) is 5.43 Å². The first kappa shape index (κ1) is 19.0. The summed E-state index contributed by atoms with van der Waals surface area (Å²) in [5.74, 6) is 0.917. The highest BCUT2D eigenvalue weighted by Crippen LogP contribution is 2.31. The minimum absolute atomic E-state index is 0.0297. The van der Waals surface area contributed by atoms with Crippen LogP contribution in [0.25, 0.3) is 11.0 Å². The molecule has 1 amide bonds. The summed E-state index contributed by atoms with van der Waals surface area (Å²) in [7, 11) is 1.57. The van der Waals surface area contributed by atoms with Crippen molar-refractivity contribution >= 4 is 39.0 Å². The fourth-order valence-electron chi connectivity index (χ4n) is 2.50. The molecule has 0 fully saturated rings. The number of nitrogens with one attached hydrogen (secondary N) is 1. The van der Waals surface area contributed by atoms with E-state index in [4.69, 9.17) is 13.9 Å². The van der Waals surface area contributed by atoms with E-state index in [0.29, 0.717) is 22.6 Å². The van der Waals surface area contributed by atoms with Crippen LogP contribution in [-0.2, 0) is 0 Å². The van der Waals surface area contributed by atoms with Crippen molar-refractivity contribution in [3.05, 3.63) is 58.3 Å². The summed E-state index contributed by atoms with van der Waals surface area (Å²) in [6.45, 7) is 3.85. The van der Waals surface area contributed by atoms with Gasteiger partial charge in [0.2, 0.25) is 0 Å². The standard InChI is InChI=1S/C20H19BrN2O4/c1-12(2)26-19-13(5-4-6-17(19)25-3)11-22-23-20(24)18-10-14-9-15(21)7-8-16(14)27-18/h4-12H,1-3H3,(H,23,24)/b22-11+. The van der Waals surface area contributed by atoms with Gasteiger partial charge in [0, 0.05) is 15.4 Å². The maximum atomic E-state index is 12.3. The van der Waals surface area contributed by atoms with Gasteiger partial charge in [0.15, 0.2) is 17.3 Å². The Balaban J connectivity index is 1.77. The smallest absolute Gasteiger partial charge is 0.307 e. The number of hydrogen-bond acceptors (Lipinski definition) is 5. The molecule has 27 heavy (non-hydrogen) atoms. The summed E-state index contributed by atoms with van der Waals surface area (Å²) >= 11 is 3.39. The molecule has 0 bridgehead atoms. The monoisotopic (exact) mass is 430 g/mol. The van der Waals surface area contributed by atoms with Gasteiger partial charge < -0.3 is 13.9 Å². The second kappa shape index (κ2) is 8.26. The zero-order valence-electron chi connectivity index (χ0n) is 15.2. The molecule has 140 valence electrons. The molecule has 0 aliphatic rings. The summed E-state index contributed by atoms with van der Waals surface area (Å²) in [5.41, 5.74) is 3.79. The lowest BCUT2D eigenvalue weighted by atomic mass is 10.2. The summed E-state index contributed by atoms with van der Waals surface area (Å²) in [4.78, 5) is 12.3. The zero-order valence-corrected chi connectivity index (χ0v) is 16.7. The molecule has 1 heterocycles. The Morgan fingerprint density at radius 2 is 2.07 bits per heavy atom. The van der Waals surface area contributed by atoms with Crippen LogP contribution in [0.3, 0.4) is 0 Å². The highest BCUT2D eigenvalue weighted by Gasteiger charge is 2.13. The average molecular weight is 431 g/mol. The van der Waals surface area contributed by atoms with Gasteiger partial charge in [-0.2, -0.15) is 5.10 Å². The van der Waals surface area contributed by atoms with E-state index >= 15 is 0 Å². The molecule has 0 saturated heterocycles. The van der Waals surface area contributed by atoms with E-state index in [-0.39, 0.29) is 11.9 Å². The third kappa shape index (κ3) is 4.49. The summed E-state index contributed by atoms with van der Waals surface area (Å²) < 4.78 is 17.6. The fraction of sp³-hybridized carbons (Fsp3) is 0.200. The molecule has 1 N–H and O–H groups in total. The number of nitrogens with zero attached hydrogens (tertiary/aromatic N) is 1. The minimum Gasteiger partial charge on any atom is -0.493 e. The van der Waals surface area contributed by atoms with Gasteiger partial charge >= 0.3 is 5.91 Å². The van der Waals surface area contributed by atoms with Gasteiger partial charge in [-0.1, -0.05) is 22.0 Å². The maximum Gasteiger partial charge on any atom is 0.307 e. The molecule has 0 saturated carbocycles. The molecule has 1 aromatic heterocycles. The largest absolute Gasteiger partial charge is 0.493 e. The van der Waals surface area contributed by atoms with Gasteiger partial charge in [0.1, 0.15) is 5.58 Å². The Hall–Kier alpha value is -2.80. The first-order valence-corrected chi connectivity index (χ1v) is 9.13. The summed E-state index contributed by atoms with van der Waals surface area (Å²) in [6, 6.07) is 12.7. The van der Waals surface area contributed by atoms with E-state index in [1.165, 1.54) is 6.21 Å². The van der Waals surface area contributed by atoms with Crippen LogP contribution in [0.2, 0.25) is 0 Å². The third-order valence-electron chi connectivity index (χ3n) is 3.65. The van der Waals surface area contributed by atoms with Gasteiger partial charge in [0.05, 0.1) is 19.4 Å². The molecule has 7 heteroatoms. The van der Waals surface area contributed by atoms with Crippen LogP contribution >= 0.6 is 15.9 Å². The van der Waals surface area contributed by atoms with Gasteiger partial charge in [-0.25, -0.2) is 5.43 Å². The lowest BCUT2D eigenvalue weighted by molar-refractivity contribution is 0.0929. The first-order valence-electron chi connectivity index (χ1n) is 8.34. The predicted molar refractivity (Wildman–Crippen MR) is 108 cm³/mol. The predicted octanol–water partition coefficient (Wildman–Crippen LogP) is 4.76. The Labute approximate surface area is 165 Å². The quantitative estimate of drug-likeness (QED) is 0.452. The highest BCUT2D eigenvalue weighted by molar-refractivity contribution is 9.10. The number of benzene rings is 2. The fourth-order valence-corrected chi connectivity index (χ4v) is 2.88. The van der Waals surface area contributed by atoms with Gasteiger partial charge in [0.25, 0.3) is 0 Å². The van der Waals surface area contributed by atoms with Crippen molar-refractivity contribution in [3.63, 3.8) is 0 Å². The van der Waals surface area contributed by atoms with E-state index in [1.807, 2.05) is 38.1 Å². The van der Waals surface area contributed by atoms with Crippen LogP contribution in [-0.4, -0.2) is 25.3 Å². The van der Waals surface area contributed by atoms with Crippen molar-refractivity contribution in [2.75, 3.05) is 7.11 Å². The number of carbonyl (C=O) groups excluding carboxylic acids is 1. The lowest BCUT2D eigenvalue weighted by Crippen LogP contribution is -2.17. The number of hydrazone groups is 1. The molecule has 0 aliphatic carbocycles. The Morgan fingerprint density at radius 1 is 1.26 bits per heavy atom. The van der Waals surface area contributed by atoms with E-state index in [1.54, 1.807) is 25.3 Å². The molecule has 0 spiro atoms. The summed E-state index contributed by atoms with van der Waals surface area (Å²) in [5, 5.41) is 4.85. The number of hydrogen-bond donors (Lipinski definition) is 1. The van der Waals surface area contributed by atoms with Gasteiger partial charge in [-0.05, 0) is 50.2 Å². The Bertz CT molecular complexity index is 995. The molecule has 0 radical (unpaired) electrons. The van der Waals surface area contributed by atoms with E-state index in [0.717, 1.165) is 9.86 Å². The van der Waals surface area contributed by atoms with Crippen LogP contribution in [0.1, 0.15) is 30.0 Å². The Morgan fingerprint density at radius 3 is 2.81 bits per heavy atom. The van der Waals surface area contributed by atoms with Crippen LogP contribution in [0.5, 0.6) is 11.5 Å². The third-order valence-corrected chi connectivity index (χ3v) is 4.15. The number of carbonyl (C=O) groups is 1. The molecule has 6 nitrogen and oxygen atoms in total. The van der Waals surface area contributed by atoms with Crippen LogP contribution in [0.4, 0.5) is 0 Å². The number of methoxy groups -OCH3 is 1. The minimum atomic E-state index is -0.437. The number of fused-ring (bicyclic) bond motifs is 1. The molecule has 3 aromatic rings. The lowest BCUT2D eigenvalue weighted by Gasteiger charge is -2.15. The van der Waals surface area contributed by atoms with Crippen LogP contribution < -0.4 is 14.9 Å². The molecule has 0 unspecified atom stereocenters. The first-order chi connectivity index (χ1) is 13.0. The van der Waals surface area contributed by atoms with Crippen molar-refractivity contribution in [3.8, 4) is 11.5 Å². The number of furan rings is 1. The van der Waals surface area contributed by atoms with Crippen molar-refractivity contribution in [2.45, 2.75) is 20.0 Å². The zero-order chi connectivity index (χ0) is 19.4. The van der Waals surface area contributed by atoms with Gasteiger partial charge in [-0.15, -0.1) is 0 Å². The summed E-state index contributed by atoms with van der Waals surface area (Å²) in [6.07, 6.45) is 1.48. The topological polar surface area (TPSA) is 73.1 Å².